The predicted molar refractivity (Wildman–Crippen MR) is 44.6 cm³/mol. The average molecular weight is 174 g/mol. The third kappa shape index (κ3) is 2.22. The summed E-state index contributed by atoms with van der Waals surface area (Å²) in [4.78, 5) is 4.08. The van der Waals surface area contributed by atoms with Crippen LogP contribution in [0.5, 0.6) is 0 Å². The van der Waals surface area contributed by atoms with Gasteiger partial charge in [0.1, 0.15) is 5.76 Å². The van der Waals surface area contributed by atoms with E-state index in [2.05, 4.69) is 18.8 Å². The second-order valence-corrected chi connectivity index (χ2v) is 3.22. The molecule has 3 heteroatoms. The van der Waals surface area contributed by atoms with Crippen LogP contribution >= 0.6 is 11.6 Å². The first-order valence-corrected chi connectivity index (χ1v) is 4.24. The third-order valence-electron chi connectivity index (χ3n) is 1.45. The molecule has 0 amide bonds. The van der Waals surface area contributed by atoms with E-state index in [0.29, 0.717) is 11.8 Å². The van der Waals surface area contributed by atoms with E-state index < -0.39 is 0 Å². The summed E-state index contributed by atoms with van der Waals surface area (Å²) in [6, 6.07) is 0. The lowest BCUT2D eigenvalue weighted by Crippen LogP contribution is -1.96. The Morgan fingerprint density at radius 1 is 1.64 bits per heavy atom. The van der Waals surface area contributed by atoms with E-state index in [-0.39, 0.29) is 0 Å². The van der Waals surface area contributed by atoms with Crippen LogP contribution in [0.15, 0.2) is 10.8 Å². The number of hydrogen-bond donors (Lipinski definition) is 0. The van der Waals surface area contributed by atoms with Gasteiger partial charge in [0.2, 0.25) is 0 Å². The first-order valence-electron chi connectivity index (χ1n) is 3.71. The third-order valence-corrected chi connectivity index (χ3v) is 1.69. The number of hydrogen-bond acceptors (Lipinski definition) is 2. The van der Waals surface area contributed by atoms with Gasteiger partial charge >= 0.3 is 0 Å². The zero-order valence-corrected chi connectivity index (χ0v) is 7.56. The molecule has 0 aliphatic carbocycles. The van der Waals surface area contributed by atoms with Crippen molar-refractivity contribution >= 4 is 11.6 Å². The standard InChI is InChI=1S/C8H12ClNO/c1-6(2)3-7-8(4-9)11-5-10-7/h5-6H,3-4H2,1-2H3. The van der Waals surface area contributed by atoms with Crippen LogP contribution in [-0.4, -0.2) is 4.98 Å². The van der Waals surface area contributed by atoms with E-state index >= 15 is 0 Å². The number of halogens is 1. The van der Waals surface area contributed by atoms with Gasteiger partial charge in [-0.3, -0.25) is 0 Å². The summed E-state index contributed by atoms with van der Waals surface area (Å²) in [7, 11) is 0. The molecule has 0 radical (unpaired) electrons. The summed E-state index contributed by atoms with van der Waals surface area (Å²) in [6.07, 6.45) is 2.40. The molecular weight excluding hydrogens is 162 g/mol. The maximum absolute atomic E-state index is 5.62. The lowest BCUT2D eigenvalue weighted by atomic mass is 10.1. The second-order valence-electron chi connectivity index (χ2n) is 2.95. The minimum Gasteiger partial charge on any atom is -0.447 e. The Balaban J connectivity index is 2.68. The largest absolute Gasteiger partial charge is 0.447 e. The summed E-state index contributed by atoms with van der Waals surface area (Å²) >= 11 is 5.62. The number of rotatable bonds is 3. The maximum atomic E-state index is 5.62. The number of alkyl halides is 1. The molecule has 0 atom stereocenters. The Kier molecular flexibility index (Phi) is 2.94. The minimum atomic E-state index is 0.419. The van der Waals surface area contributed by atoms with Crippen molar-refractivity contribution in [2.75, 3.05) is 0 Å². The Morgan fingerprint density at radius 3 is 2.91 bits per heavy atom. The highest BCUT2D eigenvalue weighted by Gasteiger charge is 2.07. The predicted octanol–water partition coefficient (Wildman–Crippen LogP) is 2.61. The van der Waals surface area contributed by atoms with Crippen molar-refractivity contribution in [1.82, 2.24) is 4.98 Å². The molecule has 0 bridgehead atoms. The van der Waals surface area contributed by atoms with Gasteiger partial charge in [0.25, 0.3) is 0 Å². The Hall–Kier alpha value is -0.500. The van der Waals surface area contributed by atoms with Crippen molar-refractivity contribution < 1.29 is 4.42 Å². The molecule has 0 spiro atoms. The number of oxazole rings is 1. The normalized spacial score (nSPS) is 10.9. The van der Waals surface area contributed by atoms with Crippen LogP contribution < -0.4 is 0 Å². The van der Waals surface area contributed by atoms with Gasteiger partial charge in [0.05, 0.1) is 11.6 Å². The first kappa shape index (κ1) is 8.60. The van der Waals surface area contributed by atoms with E-state index in [0.717, 1.165) is 17.9 Å². The van der Waals surface area contributed by atoms with Gasteiger partial charge < -0.3 is 4.42 Å². The molecule has 0 aromatic carbocycles. The quantitative estimate of drug-likeness (QED) is 0.657. The van der Waals surface area contributed by atoms with Gasteiger partial charge in [-0.2, -0.15) is 0 Å². The molecule has 0 fully saturated rings. The highest BCUT2D eigenvalue weighted by molar-refractivity contribution is 6.16. The number of aromatic nitrogens is 1. The molecule has 0 saturated carbocycles. The first-order chi connectivity index (χ1) is 5.24. The van der Waals surface area contributed by atoms with Crippen LogP contribution in [0.25, 0.3) is 0 Å². The van der Waals surface area contributed by atoms with Gasteiger partial charge in [-0.25, -0.2) is 4.98 Å². The average Bonchev–Trinajstić information content (AvgIpc) is 2.34. The summed E-state index contributed by atoms with van der Waals surface area (Å²) in [6.45, 7) is 4.29. The van der Waals surface area contributed by atoms with Crippen LogP contribution in [0, 0.1) is 5.92 Å². The summed E-state index contributed by atoms with van der Waals surface area (Å²) in [5, 5.41) is 0. The number of nitrogens with zero attached hydrogens (tertiary/aromatic N) is 1. The van der Waals surface area contributed by atoms with Gasteiger partial charge in [-0.05, 0) is 12.3 Å². The lowest BCUT2D eigenvalue weighted by molar-refractivity contribution is 0.516. The Labute approximate surface area is 71.6 Å². The molecular formula is C8H12ClNO. The Bertz CT molecular complexity index is 220. The van der Waals surface area contributed by atoms with Crippen molar-refractivity contribution in [2.45, 2.75) is 26.1 Å². The molecule has 0 aliphatic heterocycles. The van der Waals surface area contributed by atoms with Crippen LogP contribution in [0.4, 0.5) is 0 Å². The zero-order valence-electron chi connectivity index (χ0n) is 6.80. The van der Waals surface area contributed by atoms with E-state index in [9.17, 15) is 0 Å². The Morgan fingerprint density at radius 2 is 2.36 bits per heavy atom. The van der Waals surface area contributed by atoms with Gasteiger partial charge in [0.15, 0.2) is 6.39 Å². The van der Waals surface area contributed by atoms with E-state index in [1.165, 1.54) is 6.39 Å². The van der Waals surface area contributed by atoms with Gasteiger partial charge in [-0.1, -0.05) is 13.8 Å². The molecule has 0 unspecified atom stereocenters. The topological polar surface area (TPSA) is 26.0 Å². The fraction of sp³-hybridized carbons (Fsp3) is 0.625. The molecule has 0 aliphatic rings. The molecule has 62 valence electrons. The fourth-order valence-electron chi connectivity index (χ4n) is 0.955. The summed E-state index contributed by atoms with van der Waals surface area (Å²) < 4.78 is 5.07. The molecule has 1 aromatic rings. The van der Waals surface area contributed by atoms with E-state index in [4.69, 9.17) is 16.0 Å². The van der Waals surface area contributed by atoms with Crippen LogP contribution in [-0.2, 0) is 12.3 Å². The smallest absolute Gasteiger partial charge is 0.181 e. The highest BCUT2D eigenvalue weighted by atomic mass is 35.5. The molecule has 0 N–H and O–H groups in total. The molecule has 11 heavy (non-hydrogen) atoms. The summed E-state index contributed by atoms with van der Waals surface area (Å²) in [5.74, 6) is 1.82. The molecule has 1 heterocycles. The molecule has 1 rings (SSSR count). The summed E-state index contributed by atoms with van der Waals surface area (Å²) in [5.41, 5.74) is 0.995. The lowest BCUT2D eigenvalue weighted by Gasteiger charge is -2.00. The SMILES string of the molecule is CC(C)Cc1ncoc1CCl. The molecule has 0 saturated heterocycles. The van der Waals surface area contributed by atoms with Crippen LogP contribution in [0.3, 0.4) is 0 Å². The van der Waals surface area contributed by atoms with Crippen molar-refractivity contribution in [2.24, 2.45) is 5.92 Å². The fourth-order valence-corrected chi connectivity index (χ4v) is 1.17. The monoisotopic (exact) mass is 173 g/mol. The second kappa shape index (κ2) is 3.77. The van der Waals surface area contributed by atoms with Crippen molar-refractivity contribution in [1.29, 1.82) is 0 Å². The zero-order chi connectivity index (χ0) is 8.27. The minimum absolute atomic E-state index is 0.419. The van der Waals surface area contributed by atoms with E-state index in [1.54, 1.807) is 0 Å². The highest BCUT2D eigenvalue weighted by Crippen LogP contribution is 2.13. The van der Waals surface area contributed by atoms with Crippen LogP contribution in [0.2, 0.25) is 0 Å². The maximum Gasteiger partial charge on any atom is 0.181 e. The van der Waals surface area contributed by atoms with Crippen molar-refractivity contribution in [3.05, 3.63) is 17.8 Å². The van der Waals surface area contributed by atoms with Crippen LogP contribution in [0.1, 0.15) is 25.3 Å². The molecule has 1 aromatic heterocycles. The molecule has 2 nitrogen and oxygen atoms in total. The van der Waals surface area contributed by atoms with Gasteiger partial charge in [0, 0.05) is 0 Å². The van der Waals surface area contributed by atoms with Crippen molar-refractivity contribution in [3.63, 3.8) is 0 Å². The van der Waals surface area contributed by atoms with Crippen molar-refractivity contribution in [3.8, 4) is 0 Å². The van der Waals surface area contributed by atoms with Gasteiger partial charge in [-0.15, -0.1) is 11.6 Å². The van der Waals surface area contributed by atoms with E-state index in [1.807, 2.05) is 0 Å².